The summed E-state index contributed by atoms with van der Waals surface area (Å²) in [5.74, 6) is 0. The van der Waals surface area contributed by atoms with E-state index in [4.69, 9.17) is 0 Å². The van der Waals surface area contributed by atoms with Gasteiger partial charge in [0.15, 0.2) is 0 Å². The van der Waals surface area contributed by atoms with Crippen LogP contribution >= 0.6 is 0 Å². The molecule has 5 heteroatoms. The average molecular weight is 222 g/mol. The molecule has 1 aromatic heterocycles. The Kier molecular flexibility index (Phi) is 3.82. The quantitative estimate of drug-likeness (QED) is 0.794. The van der Waals surface area contributed by atoms with E-state index in [-0.39, 0.29) is 11.6 Å². The molecule has 0 atom stereocenters. The maximum atomic E-state index is 11.4. The van der Waals surface area contributed by atoms with Crippen molar-refractivity contribution in [2.75, 3.05) is 0 Å². The summed E-state index contributed by atoms with van der Waals surface area (Å²) < 4.78 is 0. The van der Waals surface area contributed by atoms with E-state index >= 15 is 0 Å². The predicted molar refractivity (Wildman–Crippen MR) is 61.9 cm³/mol. The summed E-state index contributed by atoms with van der Waals surface area (Å²) in [7, 11) is 0. The number of hydrogen-bond acceptors (Lipinski definition) is 3. The number of hydrogen-bond donors (Lipinski definition) is 2. The zero-order chi connectivity index (χ0) is 12.2. The predicted octanol–water partition coefficient (Wildman–Crippen LogP) is 1.38. The van der Waals surface area contributed by atoms with E-state index < -0.39 is 0 Å². The molecule has 0 aromatic carbocycles. The van der Waals surface area contributed by atoms with E-state index in [1.165, 1.54) is 0 Å². The molecule has 16 heavy (non-hydrogen) atoms. The Morgan fingerprint density at radius 1 is 1.31 bits per heavy atom. The highest BCUT2D eigenvalue weighted by atomic mass is 16.2. The average Bonchev–Trinajstić information content (AvgIpc) is 2.14. The largest absolute Gasteiger partial charge is 0.334 e. The number of nitrogens with zero attached hydrogens (tertiary/aromatic N) is 2. The summed E-state index contributed by atoms with van der Waals surface area (Å²) in [4.78, 5) is 11.4. The molecule has 88 valence electrons. The Bertz CT molecular complexity index is 353. The molecule has 0 saturated heterocycles. The molecule has 0 aliphatic heterocycles. The fraction of sp³-hybridized carbons (Fsp3) is 0.545. The first-order chi connectivity index (χ1) is 7.37. The van der Waals surface area contributed by atoms with Crippen LogP contribution in [0.5, 0.6) is 0 Å². The Morgan fingerprint density at radius 2 is 2.00 bits per heavy atom. The molecule has 1 aromatic rings. The van der Waals surface area contributed by atoms with Gasteiger partial charge in [-0.2, -0.15) is 10.2 Å². The summed E-state index contributed by atoms with van der Waals surface area (Å²) in [5, 5.41) is 13.4. The third-order valence-corrected chi connectivity index (χ3v) is 1.77. The Hall–Kier alpha value is -1.65. The van der Waals surface area contributed by atoms with Crippen LogP contribution in [0.1, 0.15) is 32.2 Å². The molecular weight excluding hydrogens is 204 g/mol. The number of aryl methyl sites for hydroxylation is 1. The second-order valence-corrected chi connectivity index (χ2v) is 4.72. The third-order valence-electron chi connectivity index (χ3n) is 1.77. The minimum Gasteiger partial charge on any atom is -0.334 e. The third kappa shape index (κ3) is 4.72. The van der Waals surface area contributed by atoms with Crippen LogP contribution < -0.4 is 10.6 Å². The lowest BCUT2D eigenvalue weighted by Gasteiger charge is -2.20. The van der Waals surface area contributed by atoms with Crippen molar-refractivity contribution < 1.29 is 4.79 Å². The van der Waals surface area contributed by atoms with Gasteiger partial charge in [0.1, 0.15) is 0 Å². The summed E-state index contributed by atoms with van der Waals surface area (Å²) in [6.45, 7) is 8.04. The molecule has 0 bridgehead atoms. The van der Waals surface area contributed by atoms with Gasteiger partial charge in [-0.1, -0.05) is 0 Å². The molecular formula is C11H18N4O. The summed E-state index contributed by atoms with van der Waals surface area (Å²) >= 11 is 0. The van der Waals surface area contributed by atoms with Gasteiger partial charge in [-0.15, -0.1) is 0 Å². The van der Waals surface area contributed by atoms with Crippen molar-refractivity contribution >= 4 is 6.03 Å². The highest BCUT2D eigenvalue weighted by Crippen LogP contribution is 1.98. The van der Waals surface area contributed by atoms with Gasteiger partial charge in [0.05, 0.1) is 17.9 Å². The fourth-order valence-electron chi connectivity index (χ4n) is 1.08. The van der Waals surface area contributed by atoms with Crippen molar-refractivity contribution in [2.45, 2.75) is 39.8 Å². The maximum absolute atomic E-state index is 11.4. The molecule has 1 rings (SSSR count). The zero-order valence-corrected chi connectivity index (χ0v) is 10.2. The molecule has 2 N–H and O–H groups in total. The van der Waals surface area contributed by atoms with Gasteiger partial charge in [0.25, 0.3) is 0 Å². The Morgan fingerprint density at radius 3 is 2.50 bits per heavy atom. The molecule has 0 spiro atoms. The van der Waals surface area contributed by atoms with Gasteiger partial charge in [-0.05, 0) is 39.8 Å². The smallest absolute Gasteiger partial charge is 0.315 e. The molecule has 0 radical (unpaired) electrons. The van der Waals surface area contributed by atoms with Crippen LogP contribution in [0.2, 0.25) is 0 Å². The van der Waals surface area contributed by atoms with E-state index in [9.17, 15) is 4.79 Å². The summed E-state index contributed by atoms with van der Waals surface area (Å²) in [6, 6.07) is 3.51. The number of carbonyl (C=O) groups excluding carboxylic acids is 1. The standard InChI is InChI=1S/C11H18N4O/c1-8-5-6-9(15-14-8)7-12-10(16)13-11(2,3)4/h5-6H,7H2,1-4H3,(H2,12,13,16). The summed E-state index contributed by atoms with van der Waals surface area (Å²) in [6.07, 6.45) is 0. The minimum atomic E-state index is -0.233. The van der Waals surface area contributed by atoms with Crippen molar-refractivity contribution in [2.24, 2.45) is 0 Å². The molecule has 0 aliphatic carbocycles. The van der Waals surface area contributed by atoms with Crippen molar-refractivity contribution in [3.8, 4) is 0 Å². The molecule has 0 unspecified atom stereocenters. The van der Waals surface area contributed by atoms with Crippen LogP contribution in [0.4, 0.5) is 4.79 Å². The van der Waals surface area contributed by atoms with E-state index in [0.717, 1.165) is 11.4 Å². The highest BCUT2D eigenvalue weighted by molar-refractivity contribution is 5.74. The van der Waals surface area contributed by atoms with Gasteiger partial charge < -0.3 is 10.6 Å². The Labute approximate surface area is 95.7 Å². The van der Waals surface area contributed by atoms with Gasteiger partial charge in [0.2, 0.25) is 0 Å². The van der Waals surface area contributed by atoms with Crippen molar-refractivity contribution in [3.05, 3.63) is 23.5 Å². The van der Waals surface area contributed by atoms with E-state index in [1.54, 1.807) is 0 Å². The highest BCUT2D eigenvalue weighted by Gasteiger charge is 2.12. The van der Waals surface area contributed by atoms with Crippen LogP contribution in [0.3, 0.4) is 0 Å². The first-order valence-corrected chi connectivity index (χ1v) is 5.22. The second kappa shape index (κ2) is 4.92. The number of amides is 2. The number of nitrogens with one attached hydrogen (secondary N) is 2. The van der Waals surface area contributed by atoms with Crippen LogP contribution in [0.15, 0.2) is 12.1 Å². The van der Waals surface area contributed by atoms with Gasteiger partial charge >= 0.3 is 6.03 Å². The maximum Gasteiger partial charge on any atom is 0.315 e. The van der Waals surface area contributed by atoms with E-state index in [1.807, 2.05) is 39.8 Å². The number of carbonyl (C=O) groups is 1. The van der Waals surface area contributed by atoms with Crippen molar-refractivity contribution in [1.29, 1.82) is 0 Å². The van der Waals surface area contributed by atoms with Crippen LogP contribution in [-0.4, -0.2) is 21.8 Å². The van der Waals surface area contributed by atoms with Gasteiger partial charge in [0, 0.05) is 5.54 Å². The van der Waals surface area contributed by atoms with Crippen molar-refractivity contribution in [3.63, 3.8) is 0 Å². The molecule has 0 saturated carbocycles. The monoisotopic (exact) mass is 222 g/mol. The lowest BCUT2D eigenvalue weighted by molar-refractivity contribution is 0.231. The van der Waals surface area contributed by atoms with Gasteiger partial charge in [-0.3, -0.25) is 0 Å². The molecule has 2 amide bonds. The molecule has 1 heterocycles. The van der Waals surface area contributed by atoms with E-state index in [0.29, 0.717) is 6.54 Å². The second-order valence-electron chi connectivity index (χ2n) is 4.72. The Balaban J connectivity index is 2.40. The number of aromatic nitrogens is 2. The molecule has 0 aliphatic rings. The molecule has 5 nitrogen and oxygen atoms in total. The topological polar surface area (TPSA) is 66.9 Å². The minimum absolute atomic E-state index is 0.199. The van der Waals surface area contributed by atoms with Crippen molar-refractivity contribution in [1.82, 2.24) is 20.8 Å². The van der Waals surface area contributed by atoms with Crippen LogP contribution in [0.25, 0.3) is 0 Å². The number of urea groups is 1. The summed E-state index contributed by atoms with van der Waals surface area (Å²) in [5.41, 5.74) is 1.38. The first kappa shape index (κ1) is 12.4. The first-order valence-electron chi connectivity index (χ1n) is 5.22. The van der Waals surface area contributed by atoms with Crippen LogP contribution in [0, 0.1) is 6.92 Å². The van der Waals surface area contributed by atoms with Gasteiger partial charge in [-0.25, -0.2) is 4.79 Å². The van der Waals surface area contributed by atoms with E-state index in [2.05, 4.69) is 20.8 Å². The lowest BCUT2D eigenvalue weighted by atomic mass is 10.1. The SMILES string of the molecule is Cc1ccc(CNC(=O)NC(C)(C)C)nn1. The van der Waals surface area contributed by atoms with Crippen LogP contribution in [-0.2, 0) is 6.54 Å². The number of rotatable bonds is 2. The normalized spacial score (nSPS) is 11.0. The lowest BCUT2D eigenvalue weighted by Crippen LogP contribution is -2.46. The fourth-order valence-corrected chi connectivity index (χ4v) is 1.08. The molecule has 0 fully saturated rings. The zero-order valence-electron chi connectivity index (χ0n) is 10.2.